The van der Waals surface area contributed by atoms with E-state index in [1.807, 2.05) is 12.4 Å². The summed E-state index contributed by atoms with van der Waals surface area (Å²) in [4.78, 5) is 13.3. The Labute approximate surface area is 159 Å². The molecular weight excluding hydrogens is 338 g/mol. The highest BCUT2D eigenvalue weighted by molar-refractivity contribution is 5.81. The molecule has 1 saturated carbocycles. The van der Waals surface area contributed by atoms with Gasteiger partial charge in [-0.3, -0.25) is 0 Å². The minimum absolute atomic E-state index is 0.346. The third kappa shape index (κ3) is 4.38. The third-order valence-electron chi connectivity index (χ3n) is 5.33. The topological polar surface area (TPSA) is 78.8 Å². The van der Waals surface area contributed by atoms with Gasteiger partial charge in [-0.15, -0.1) is 0 Å². The summed E-state index contributed by atoms with van der Waals surface area (Å²) < 4.78 is 7.90. The largest absolute Gasteiger partial charge is 0.463 e. The summed E-state index contributed by atoms with van der Waals surface area (Å²) in [7, 11) is 0. The van der Waals surface area contributed by atoms with Crippen molar-refractivity contribution in [3.8, 4) is 6.01 Å². The van der Waals surface area contributed by atoms with E-state index >= 15 is 0 Å². The molecule has 1 fully saturated rings. The van der Waals surface area contributed by atoms with Crippen LogP contribution in [0.4, 0.5) is 5.82 Å². The van der Waals surface area contributed by atoms with Gasteiger partial charge in [0, 0.05) is 6.54 Å². The molecule has 3 aromatic rings. The molecule has 4 rings (SSSR count). The number of fused-ring (bicyclic) bond motifs is 1. The van der Waals surface area contributed by atoms with Crippen LogP contribution in [0.3, 0.4) is 0 Å². The van der Waals surface area contributed by atoms with Crippen molar-refractivity contribution in [1.29, 1.82) is 0 Å². The van der Waals surface area contributed by atoms with E-state index < -0.39 is 0 Å². The molecule has 6 nitrogen and oxygen atoms in total. The number of imidazole rings is 1. The lowest BCUT2D eigenvalue weighted by atomic mass is 9.89. The minimum Gasteiger partial charge on any atom is -0.463 e. The lowest BCUT2D eigenvalue weighted by molar-refractivity contribution is 0.287. The van der Waals surface area contributed by atoms with Gasteiger partial charge in [0.15, 0.2) is 17.0 Å². The number of rotatable bonds is 7. The Morgan fingerprint density at radius 1 is 1.07 bits per heavy atom. The molecule has 1 aliphatic rings. The summed E-state index contributed by atoms with van der Waals surface area (Å²) in [5, 5.41) is 0. The molecule has 0 aliphatic heterocycles. The van der Waals surface area contributed by atoms with Gasteiger partial charge < -0.3 is 15.0 Å². The first kappa shape index (κ1) is 17.8. The molecule has 6 heteroatoms. The average molecular weight is 365 g/mol. The van der Waals surface area contributed by atoms with E-state index in [2.05, 4.69) is 43.8 Å². The molecule has 1 aromatic carbocycles. The van der Waals surface area contributed by atoms with Crippen molar-refractivity contribution in [3.63, 3.8) is 0 Å². The molecule has 142 valence electrons. The summed E-state index contributed by atoms with van der Waals surface area (Å²) in [6, 6.07) is 10.7. The quantitative estimate of drug-likeness (QED) is 0.640. The molecule has 0 unspecified atom stereocenters. The Morgan fingerprint density at radius 3 is 2.70 bits per heavy atom. The normalized spacial score (nSPS) is 15.3. The fourth-order valence-corrected chi connectivity index (χ4v) is 3.88. The first-order chi connectivity index (χ1) is 13.3. The van der Waals surface area contributed by atoms with Gasteiger partial charge in [0.25, 0.3) is 0 Å². The van der Waals surface area contributed by atoms with Crippen molar-refractivity contribution in [2.75, 3.05) is 12.3 Å². The lowest BCUT2D eigenvalue weighted by Crippen LogP contribution is -2.14. The molecule has 0 spiro atoms. The van der Waals surface area contributed by atoms with Gasteiger partial charge in [-0.2, -0.15) is 9.97 Å². The second kappa shape index (κ2) is 8.37. The number of hydrogen-bond donors (Lipinski definition) is 1. The molecule has 1 aliphatic carbocycles. The predicted molar refractivity (Wildman–Crippen MR) is 107 cm³/mol. The number of benzene rings is 1. The Morgan fingerprint density at radius 2 is 1.89 bits per heavy atom. The Hall–Kier alpha value is -2.63. The van der Waals surface area contributed by atoms with E-state index in [1.165, 1.54) is 37.7 Å². The second-order valence-electron chi connectivity index (χ2n) is 7.40. The van der Waals surface area contributed by atoms with E-state index in [0.29, 0.717) is 29.9 Å². The summed E-state index contributed by atoms with van der Waals surface area (Å²) in [5.74, 6) is 1.09. The van der Waals surface area contributed by atoms with E-state index in [-0.39, 0.29) is 0 Å². The van der Waals surface area contributed by atoms with Crippen LogP contribution >= 0.6 is 0 Å². The zero-order chi connectivity index (χ0) is 18.5. The maximum absolute atomic E-state index is 6.09. The number of aryl methyl sites for hydroxylation is 1. The average Bonchev–Trinajstić information content (AvgIpc) is 3.10. The highest BCUT2D eigenvalue weighted by Crippen LogP contribution is 2.27. The summed E-state index contributed by atoms with van der Waals surface area (Å²) in [5.41, 5.74) is 8.85. The summed E-state index contributed by atoms with van der Waals surface area (Å²) >= 11 is 0. The van der Waals surface area contributed by atoms with Crippen LogP contribution in [0, 0.1) is 5.92 Å². The smallest absolute Gasteiger partial charge is 0.320 e. The minimum atomic E-state index is 0.346. The zero-order valence-electron chi connectivity index (χ0n) is 15.7. The van der Waals surface area contributed by atoms with E-state index in [9.17, 15) is 0 Å². The SMILES string of the molecule is Nc1nc(OCCCc2ccccc2)nc2c1ncn2CC1CCCCC1. The molecule has 27 heavy (non-hydrogen) atoms. The van der Waals surface area contributed by atoms with Crippen LogP contribution in [-0.2, 0) is 13.0 Å². The van der Waals surface area contributed by atoms with Crippen molar-refractivity contribution in [2.45, 2.75) is 51.5 Å². The standard InChI is InChI=1S/C21H27N5O/c22-19-18-20(26(15-23-18)14-17-10-5-2-6-11-17)25-21(24-19)27-13-7-12-16-8-3-1-4-9-16/h1,3-4,8-9,15,17H,2,5-7,10-14H2,(H2,22,24,25). The summed E-state index contributed by atoms with van der Waals surface area (Å²) in [6.45, 7) is 1.51. The molecule has 2 N–H and O–H groups in total. The van der Waals surface area contributed by atoms with Gasteiger partial charge in [-0.1, -0.05) is 49.6 Å². The number of nitrogens with zero attached hydrogens (tertiary/aromatic N) is 4. The van der Waals surface area contributed by atoms with Crippen molar-refractivity contribution in [2.24, 2.45) is 5.92 Å². The number of anilines is 1. The molecule has 2 aromatic heterocycles. The number of nitrogen functional groups attached to an aromatic ring is 1. The Balaban J connectivity index is 1.41. The zero-order valence-corrected chi connectivity index (χ0v) is 15.7. The molecule has 0 saturated heterocycles. The van der Waals surface area contributed by atoms with Gasteiger partial charge in [0.05, 0.1) is 12.9 Å². The maximum Gasteiger partial charge on any atom is 0.320 e. The van der Waals surface area contributed by atoms with Crippen LogP contribution in [0.5, 0.6) is 6.01 Å². The number of hydrogen-bond acceptors (Lipinski definition) is 5. The van der Waals surface area contributed by atoms with Crippen molar-refractivity contribution < 1.29 is 4.74 Å². The van der Waals surface area contributed by atoms with Crippen LogP contribution < -0.4 is 10.5 Å². The van der Waals surface area contributed by atoms with Gasteiger partial charge in [0.2, 0.25) is 0 Å². The monoisotopic (exact) mass is 365 g/mol. The van der Waals surface area contributed by atoms with Crippen molar-refractivity contribution >= 4 is 17.0 Å². The maximum atomic E-state index is 6.09. The lowest BCUT2D eigenvalue weighted by Gasteiger charge is -2.21. The Bertz CT molecular complexity index is 871. The van der Waals surface area contributed by atoms with Gasteiger partial charge >= 0.3 is 6.01 Å². The molecule has 2 heterocycles. The van der Waals surface area contributed by atoms with Crippen LogP contribution in [0.2, 0.25) is 0 Å². The highest BCUT2D eigenvalue weighted by Gasteiger charge is 2.17. The van der Waals surface area contributed by atoms with E-state index in [1.54, 1.807) is 0 Å². The fraction of sp³-hybridized carbons (Fsp3) is 0.476. The fourth-order valence-electron chi connectivity index (χ4n) is 3.88. The molecule has 0 radical (unpaired) electrons. The first-order valence-corrected chi connectivity index (χ1v) is 9.94. The molecule has 0 amide bonds. The summed E-state index contributed by atoms with van der Waals surface area (Å²) in [6.07, 6.45) is 10.3. The van der Waals surface area contributed by atoms with Crippen molar-refractivity contribution in [3.05, 3.63) is 42.2 Å². The Kier molecular flexibility index (Phi) is 5.51. The number of nitrogens with two attached hydrogens (primary N) is 1. The first-order valence-electron chi connectivity index (χ1n) is 9.94. The van der Waals surface area contributed by atoms with E-state index in [4.69, 9.17) is 10.5 Å². The van der Waals surface area contributed by atoms with Gasteiger partial charge in [0.1, 0.15) is 0 Å². The predicted octanol–water partition coefficient (Wildman–Crippen LogP) is 4.00. The molecule has 0 bridgehead atoms. The van der Waals surface area contributed by atoms with Crippen molar-refractivity contribution in [1.82, 2.24) is 19.5 Å². The van der Waals surface area contributed by atoms with Gasteiger partial charge in [-0.25, -0.2) is 4.98 Å². The molecular formula is C21H27N5O. The third-order valence-corrected chi connectivity index (χ3v) is 5.33. The molecule has 0 atom stereocenters. The highest BCUT2D eigenvalue weighted by atomic mass is 16.5. The van der Waals surface area contributed by atoms with E-state index in [0.717, 1.165) is 25.0 Å². The number of ether oxygens (including phenoxy) is 1. The van der Waals surface area contributed by atoms with Gasteiger partial charge in [-0.05, 0) is 37.2 Å². The van der Waals surface area contributed by atoms with Crippen LogP contribution in [0.1, 0.15) is 44.1 Å². The second-order valence-corrected chi connectivity index (χ2v) is 7.40. The van der Waals surface area contributed by atoms with Crippen LogP contribution in [0.25, 0.3) is 11.2 Å². The van der Waals surface area contributed by atoms with Crippen LogP contribution in [-0.4, -0.2) is 26.1 Å². The number of aromatic nitrogens is 4. The van der Waals surface area contributed by atoms with Crippen LogP contribution in [0.15, 0.2) is 36.7 Å².